The van der Waals surface area contributed by atoms with Gasteiger partial charge in [0.05, 0.1) is 0 Å². The van der Waals surface area contributed by atoms with Crippen LogP contribution in [0.5, 0.6) is 0 Å². The Morgan fingerprint density at radius 3 is 1.95 bits per heavy atom. The third-order valence-corrected chi connectivity index (χ3v) is 5.23. The highest BCUT2D eigenvalue weighted by molar-refractivity contribution is 4.77. The van der Waals surface area contributed by atoms with Crippen molar-refractivity contribution in [3.05, 3.63) is 0 Å². The van der Waals surface area contributed by atoms with Crippen molar-refractivity contribution in [1.29, 1.82) is 0 Å². The fraction of sp³-hybridized carbons (Fsp3) is 1.00. The molecule has 21 heavy (non-hydrogen) atoms. The maximum absolute atomic E-state index is 5.81. The van der Waals surface area contributed by atoms with Crippen LogP contribution in [0, 0.1) is 5.92 Å². The van der Waals surface area contributed by atoms with Crippen molar-refractivity contribution in [2.75, 3.05) is 14.2 Å². The molecule has 0 aromatic rings. The average molecular weight is 299 g/mol. The molecular weight excluding hydrogens is 260 g/mol. The average Bonchev–Trinajstić information content (AvgIpc) is 2.54. The number of hydrogen-bond donors (Lipinski definition) is 0. The third kappa shape index (κ3) is 7.65. The summed E-state index contributed by atoms with van der Waals surface area (Å²) >= 11 is 0. The standard InChI is InChI=1S/C19H38O2/c1-4-5-6-7-8-9-13-16-19(20-2,21-3)17-18-14-11-10-12-15-18/h18H,4-17H2,1-3H3. The molecular formula is C19H38O2. The van der Waals surface area contributed by atoms with Crippen LogP contribution in [-0.2, 0) is 9.47 Å². The lowest BCUT2D eigenvalue weighted by molar-refractivity contribution is -0.223. The maximum Gasteiger partial charge on any atom is 0.167 e. The van der Waals surface area contributed by atoms with Crippen LogP contribution in [0.15, 0.2) is 0 Å². The Morgan fingerprint density at radius 2 is 1.38 bits per heavy atom. The zero-order valence-corrected chi connectivity index (χ0v) is 14.8. The van der Waals surface area contributed by atoms with E-state index in [1.165, 1.54) is 77.0 Å². The fourth-order valence-corrected chi connectivity index (χ4v) is 3.74. The van der Waals surface area contributed by atoms with Crippen molar-refractivity contribution in [3.8, 4) is 0 Å². The molecule has 0 spiro atoms. The number of ether oxygens (including phenoxy) is 2. The summed E-state index contributed by atoms with van der Waals surface area (Å²) in [5, 5.41) is 0. The first kappa shape index (κ1) is 19.0. The molecule has 0 saturated heterocycles. The van der Waals surface area contributed by atoms with Gasteiger partial charge < -0.3 is 9.47 Å². The SMILES string of the molecule is CCCCCCCCCC(CC1CCCCC1)(OC)OC. The molecule has 0 atom stereocenters. The molecule has 126 valence electrons. The number of rotatable bonds is 12. The molecule has 2 nitrogen and oxygen atoms in total. The molecule has 1 aliphatic rings. The minimum absolute atomic E-state index is 0.314. The van der Waals surface area contributed by atoms with E-state index in [9.17, 15) is 0 Å². The van der Waals surface area contributed by atoms with E-state index >= 15 is 0 Å². The van der Waals surface area contributed by atoms with Gasteiger partial charge in [0.15, 0.2) is 5.79 Å². The molecule has 0 radical (unpaired) electrons. The van der Waals surface area contributed by atoms with E-state index in [0.717, 1.165) is 18.8 Å². The zero-order chi connectivity index (χ0) is 15.4. The van der Waals surface area contributed by atoms with Gasteiger partial charge in [-0.2, -0.15) is 0 Å². The summed E-state index contributed by atoms with van der Waals surface area (Å²) in [5.74, 6) is 0.494. The van der Waals surface area contributed by atoms with Crippen LogP contribution in [0.3, 0.4) is 0 Å². The van der Waals surface area contributed by atoms with Crippen LogP contribution in [0.4, 0.5) is 0 Å². The first-order valence-corrected chi connectivity index (χ1v) is 9.36. The van der Waals surface area contributed by atoms with Gasteiger partial charge in [-0.05, 0) is 12.3 Å². The van der Waals surface area contributed by atoms with Gasteiger partial charge in [-0.15, -0.1) is 0 Å². The smallest absolute Gasteiger partial charge is 0.167 e. The van der Waals surface area contributed by atoms with Crippen LogP contribution in [0.1, 0.15) is 96.8 Å². The highest BCUT2D eigenvalue weighted by Gasteiger charge is 2.32. The highest BCUT2D eigenvalue weighted by Crippen LogP contribution is 2.35. The summed E-state index contributed by atoms with van der Waals surface area (Å²) in [6.07, 6.45) is 18.5. The molecule has 1 aliphatic carbocycles. The summed E-state index contributed by atoms with van der Waals surface area (Å²) in [5.41, 5.74) is 0. The predicted molar refractivity (Wildman–Crippen MR) is 90.6 cm³/mol. The van der Waals surface area contributed by atoms with Crippen LogP contribution in [-0.4, -0.2) is 20.0 Å². The second-order valence-electron chi connectivity index (χ2n) is 6.90. The van der Waals surface area contributed by atoms with Crippen molar-refractivity contribution in [2.45, 2.75) is 103 Å². The first-order chi connectivity index (χ1) is 10.3. The second-order valence-corrected chi connectivity index (χ2v) is 6.90. The zero-order valence-electron chi connectivity index (χ0n) is 14.8. The topological polar surface area (TPSA) is 18.5 Å². The van der Waals surface area contributed by atoms with Crippen molar-refractivity contribution >= 4 is 0 Å². The maximum atomic E-state index is 5.81. The summed E-state index contributed by atoms with van der Waals surface area (Å²) < 4.78 is 11.6. The van der Waals surface area contributed by atoms with E-state index in [1.807, 2.05) is 14.2 Å². The van der Waals surface area contributed by atoms with Gasteiger partial charge in [0.2, 0.25) is 0 Å². The second kappa shape index (κ2) is 11.5. The summed E-state index contributed by atoms with van der Waals surface area (Å²) in [6, 6.07) is 0. The fourth-order valence-electron chi connectivity index (χ4n) is 3.74. The first-order valence-electron chi connectivity index (χ1n) is 9.36. The molecule has 0 unspecified atom stereocenters. The van der Waals surface area contributed by atoms with Crippen molar-refractivity contribution in [1.82, 2.24) is 0 Å². The summed E-state index contributed by atoms with van der Waals surface area (Å²) in [7, 11) is 3.65. The van der Waals surface area contributed by atoms with Gasteiger partial charge in [-0.1, -0.05) is 77.6 Å². The summed E-state index contributed by atoms with van der Waals surface area (Å²) in [6.45, 7) is 2.27. The Kier molecular flexibility index (Phi) is 10.4. The van der Waals surface area contributed by atoms with Crippen molar-refractivity contribution in [2.24, 2.45) is 5.92 Å². The van der Waals surface area contributed by atoms with Gasteiger partial charge in [-0.25, -0.2) is 0 Å². The van der Waals surface area contributed by atoms with Gasteiger partial charge in [-0.3, -0.25) is 0 Å². The monoisotopic (exact) mass is 298 g/mol. The van der Waals surface area contributed by atoms with E-state index in [0.29, 0.717) is 0 Å². The molecule has 1 fully saturated rings. The van der Waals surface area contributed by atoms with Crippen molar-refractivity contribution < 1.29 is 9.47 Å². The molecule has 2 heteroatoms. The normalized spacial score (nSPS) is 17.3. The number of methoxy groups -OCH3 is 2. The van der Waals surface area contributed by atoms with E-state index in [-0.39, 0.29) is 5.79 Å². The molecule has 0 N–H and O–H groups in total. The largest absolute Gasteiger partial charge is 0.353 e. The lowest BCUT2D eigenvalue weighted by Crippen LogP contribution is -2.36. The Labute approximate surface area is 133 Å². The summed E-state index contributed by atoms with van der Waals surface area (Å²) in [4.78, 5) is 0. The van der Waals surface area contributed by atoms with Gasteiger partial charge >= 0.3 is 0 Å². The van der Waals surface area contributed by atoms with Crippen LogP contribution in [0.25, 0.3) is 0 Å². The molecule has 0 amide bonds. The molecule has 0 bridgehead atoms. The van der Waals surface area contributed by atoms with Crippen LogP contribution < -0.4 is 0 Å². The highest BCUT2D eigenvalue weighted by atomic mass is 16.7. The minimum Gasteiger partial charge on any atom is -0.353 e. The van der Waals surface area contributed by atoms with E-state index < -0.39 is 0 Å². The van der Waals surface area contributed by atoms with Crippen LogP contribution >= 0.6 is 0 Å². The molecule has 0 aliphatic heterocycles. The van der Waals surface area contributed by atoms with E-state index in [1.54, 1.807) is 0 Å². The van der Waals surface area contributed by atoms with E-state index in [4.69, 9.17) is 9.47 Å². The molecule has 1 rings (SSSR count). The minimum atomic E-state index is -0.314. The Bertz CT molecular complexity index is 230. The number of hydrogen-bond acceptors (Lipinski definition) is 2. The van der Waals surface area contributed by atoms with Gasteiger partial charge in [0.25, 0.3) is 0 Å². The quantitative estimate of drug-likeness (QED) is 0.321. The third-order valence-electron chi connectivity index (χ3n) is 5.23. The lowest BCUT2D eigenvalue weighted by Gasteiger charge is -2.35. The van der Waals surface area contributed by atoms with E-state index in [2.05, 4.69) is 6.92 Å². The Hall–Kier alpha value is -0.0800. The van der Waals surface area contributed by atoms with Gasteiger partial charge in [0.1, 0.15) is 0 Å². The number of unbranched alkanes of at least 4 members (excludes halogenated alkanes) is 6. The molecule has 0 heterocycles. The van der Waals surface area contributed by atoms with Gasteiger partial charge in [0, 0.05) is 27.1 Å². The Morgan fingerprint density at radius 1 is 0.810 bits per heavy atom. The Balaban J connectivity index is 2.23. The van der Waals surface area contributed by atoms with Crippen LogP contribution in [0.2, 0.25) is 0 Å². The lowest BCUT2D eigenvalue weighted by atomic mass is 9.83. The predicted octanol–water partition coefficient (Wildman–Crippen LogP) is 6.09. The van der Waals surface area contributed by atoms with Crippen molar-refractivity contribution in [3.63, 3.8) is 0 Å². The molecule has 0 aromatic carbocycles. The molecule has 1 saturated carbocycles. The molecule has 0 aromatic heterocycles.